The Morgan fingerprint density at radius 3 is 2.62 bits per heavy atom. The van der Waals surface area contributed by atoms with Crippen LogP contribution >= 0.6 is 0 Å². The van der Waals surface area contributed by atoms with Crippen LogP contribution in [0.15, 0.2) is 30.3 Å². The Labute approximate surface area is 96.6 Å². The second-order valence-corrected chi connectivity index (χ2v) is 3.60. The van der Waals surface area contributed by atoms with E-state index in [4.69, 9.17) is 4.74 Å². The first-order chi connectivity index (χ1) is 7.85. The van der Waals surface area contributed by atoms with Crippen LogP contribution in [0.1, 0.15) is 11.5 Å². The van der Waals surface area contributed by atoms with E-state index in [-0.39, 0.29) is 5.92 Å². The van der Waals surface area contributed by atoms with Gasteiger partial charge in [0, 0.05) is 13.5 Å². The molecule has 0 aromatic heterocycles. The normalized spacial score (nSPS) is 23.2. The van der Waals surface area contributed by atoms with E-state index in [9.17, 15) is 4.79 Å². The van der Waals surface area contributed by atoms with Gasteiger partial charge in [0.2, 0.25) is 0 Å². The molecule has 1 fully saturated rings. The minimum Gasteiger partial charge on any atom is -0.374 e. The number of methoxy groups -OCH3 is 1. The second kappa shape index (κ2) is 5.26. The first-order valence-corrected chi connectivity index (χ1v) is 5.16. The van der Waals surface area contributed by atoms with E-state index in [0.717, 1.165) is 6.29 Å². The highest BCUT2D eigenvalue weighted by Crippen LogP contribution is 2.39. The molecule has 1 saturated carbocycles. The number of benzene rings is 1. The first-order valence-electron chi connectivity index (χ1n) is 5.16. The molecular formula is C14H13O2. The number of hydrogen-bond donors (Lipinski definition) is 0. The molecule has 1 aliphatic rings. The third-order valence-corrected chi connectivity index (χ3v) is 2.63. The van der Waals surface area contributed by atoms with Gasteiger partial charge in [-0.1, -0.05) is 30.3 Å². The Morgan fingerprint density at radius 2 is 2.00 bits per heavy atom. The van der Waals surface area contributed by atoms with Gasteiger partial charge in [-0.25, -0.2) is 0 Å². The molecular weight excluding hydrogens is 200 g/mol. The number of hydrogen-bond acceptors (Lipinski definition) is 2. The summed E-state index contributed by atoms with van der Waals surface area (Å²) in [5, 5.41) is 0. The zero-order chi connectivity index (χ0) is 11.4. The minimum absolute atomic E-state index is 0.180. The van der Waals surface area contributed by atoms with Crippen molar-refractivity contribution in [2.24, 2.45) is 0 Å². The number of rotatable bonds is 3. The number of carbonyl (C=O) groups is 1. The summed E-state index contributed by atoms with van der Waals surface area (Å²) in [5.74, 6) is 0.773. The molecule has 0 saturated heterocycles. The fourth-order valence-electron chi connectivity index (χ4n) is 1.77. The molecule has 2 heteroatoms. The molecule has 0 aliphatic heterocycles. The molecule has 0 heterocycles. The van der Waals surface area contributed by atoms with Crippen LogP contribution in [0.4, 0.5) is 0 Å². The summed E-state index contributed by atoms with van der Waals surface area (Å²) in [6.45, 7) is 0. The maximum Gasteiger partial charge on any atom is 0.130 e. The summed E-state index contributed by atoms with van der Waals surface area (Å²) in [4.78, 5) is 10.8. The van der Waals surface area contributed by atoms with Gasteiger partial charge in [-0.05, 0) is 24.3 Å². The molecule has 0 amide bonds. The van der Waals surface area contributed by atoms with Crippen LogP contribution in [0.5, 0.6) is 0 Å². The van der Waals surface area contributed by atoms with Gasteiger partial charge < -0.3 is 9.53 Å². The lowest BCUT2D eigenvalue weighted by Crippen LogP contribution is -2.24. The zero-order valence-corrected chi connectivity index (χ0v) is 9.09. The van der Waals surface area contributed by atoms with Crippen molar-refractivity contribution in [3.05, 3.63) is 67.2 Å². The third-order valence-electron chi connectivity index (χ3n) is 2.63. The Morgan fingerprint density at radius 1 is 1.25 bits per heavy atom. The van der Waals surface area contributed by atoms with Crippen molar-refractivity contribution in [1.82, 2.24) is 0 Å². The van der Waals surface area contributed by atoms with Crippen LogP contribution in [0, 0.1) is 31.3 Å². The van der Waals surface area contributed by atoms with E-state index in [2.05, 4.69) is 12.1 Å². The Kier molecular flexibility index (Phi) is 3.73. The first kappa shape index (κ1) is 11.3. The maximum absolute atomic E-state index is 10.8. The van der Waals surface area contributed by atoms with E-state index in [1.807, 2.05) is 37.5 Å². The van der Waals surface area contributed by atoms with Gasteiger partial charge >= 0.3 is 0 Å². The van der Waals surface area contributed by atoms with Crippen LogP contribution in [0.3, 0.4) is 0 Å². The van der Waals surface area contributed by atoms with Crippen molar-refractivity contribution in [1.29, 1.82) is 0 Å². The van der Waals surface area contributed by atoms with Crippen molar-refractivity contribution >= 4 is 6.29 Å². The summed E-state index contributed by atoms with van der Waals surface area (Å²) in [5.41, 5.74) is 1.19. The fraction of sp³-hybridized carbons (Fsp3) is 0.143. The van der Waals surface area contributed by atoms with E-state index < -0.39 is 0 Å². The van der Waals surface area contributed by atoms with Crippen molar-refractivity contribution < 1.29 is 9.53 Å². The highest BCUT2D eigenvalue weighted by atomic mass is 16.5. The predicted octanol–water partition coefficient (Wildman–Crippen LogP) is 2.35. The lowest BCUT2D eigenvalue weighted by molar-refractivity contribution is -0.106. The molecule has 5 radical (unpaired) electrons. The summed E-state index contributed by atoms with van der Waals surface area (Å²) in [6.07, 6.45) is 7.23. The molecule has 0 spiro atoms. The number of aldehydes is 1. The van der Waals surface area contributed by atoms with Gasteiger partial charge in [0.15, 0.2) is 0 Å². The minimum atomic E-state index is 0.180. The standard InChI is InChI=1S/C14H13O2/c1-16-14-9-12(7-8-13(14)10-15)11-5-3-2-4-6-11/h2-10,12H,1H3/t12-/m0/s1. The highest BCUT2D eigenvalue weighted by molar-refractivity contribution is 5.78. The van der Waals surface area contributed by atoms with Crippen LogP contribution in [-0.4, -0.2) is 13.4 Å². The molecule has 0 bridgehead atoms. The van der Waals surface area contributed by atoms with E-state index in [0.29, 0.717) is 12.0 Å². The van der Waals surface area contributed by atoms with Crippen molar-refractivity contribution in [3.8, 4) is 0 Å². The van der Waals surface area contributed by atoms with Crippen LogP contribution < -0.4 is 0 Å². The van der Waals surface area contributed by atoms with Gasteiger partial charge in [-0.2, -0.15) is 0 Å². The van der Waals surface area contributed by atoms with E-state index in [1.165, 1.54) is 5.56 Å². The van der Waals surface area contributed by atoms with E-state index >= 15 is 0 Å². The number of ether oxygens (including phenoxy) is 1. The van der Waals surface area contributed by atoms with Crippen LogP contribution in [0.25, 0.3) is 0 Å². The molecule has 0 unspecified atom stereocenters. The zero-order valence-electron chi connectivity index (χ0n) is 9.09. The number of carbonyl (C=O) groups excluding carboxylic acids is 1. The average molecular weight is 213 g/mol. The van der Waals surface area contributed by atoms with Crippen LogP contribution in [0.2, 0.25) is 0 Å². The molecule has 2 nitrogen and oxygen atoms in total. The molecule has 1 atom stereocenters. The van der Waals surface area contributed by atoms with Gasteiger partial charge in [-0.3, -0.25) is 0 Å². The second-order valence-electron chi connectivity index (χ2n) is 3.60. The Balaban J connectivity index is 2.07. The van der Waals surface area contributed by atoms with Crippen molar-refractivity contribution in [2.75, 3.05) is 7.11 Å². The molecule has 0 N–H and O–H groups in total. The molecule has 1 aromatic rings. The van der Waals surface area contributed by atoms with Gasteiger partial charge in [0.05, 0.1) is 5.92 Å². The molecule has 16 heavy (non-hydrogen) atoms. The fourth-order valence-corrected chi connectivity index (χ4v) is 1.77. The monoisotopic (exact) mass is 213 g/mol. The summed E-state index contributed by atoms with van der Waals surface area (Å²) < 4.78 is 5.19. The third kappa shape index (κ3) is 2.33. The lowest BCUT2D eigenvalue weighted by atomic mass is 9.77. The van der Waals surface area contributed by atoms with Crippen molar-refractivity contribution in [2.45, 2.75) is 5.92 Å². The van der Waals surface area contributed by atoms with Crippen molar-refractivity contribution in [3.63, 3.8) is 0 Å². The molecule has 81 valence electrons. The van der Waals surface area contributed by atoms with Crippen LogP contribution in [-0.2, 0) is 9.53 Å². The molecule has 1 aliphatic carbocycles. The summed E-state index contributed by atoms with van der Waals surface area (Å²) in [7, 11) is 1.58. The highest BCUT2D eigenvalue weighted by Gasteiger charge is 2.33. The van der Waals surface area contributed by atoms with Gasteiger partial charge in [0.1, 0.15) is 12.4 Å². The average Bonchev–Trinajstić information content (AvgIpc) is 2.39. The molecule has 1 aromatic carbocycles. The predicted molar refractivity (Wildman–Crippen MR) is 61.6 cm³/mol. The smallest absolute Gasteiger partial charge is 0.130 e. The molecule has 2 rings (SSSR count). The Bertz CT molecular complexity index is 334. The maximum atomic E-state index is 10.8. The Hall–Kier alpha value is -1.15. The summed E-state index contributed by atoms with van der Waals surface area (Å²) in [6, 6.07) is 10.1. The largest absolute Gasteiger partial charge is 0.374 e. The van der Waals surface area contributed by atoms with Gasteiger partial charge in [-0.15, -0.1) is 0 Å². The quantitative estimate of drug-likeness (QED) is 0.720. The van der Waals surface area contributed by atoms with E-state index in [1.54, 1.807) is 7.11 Å². The summed E-state index contributed by atoms with van der Waals surface area (Å²) >= 11 is 0. The van der Waals surface area contributed by atoms with Gasteiger partial charge in [0.25, 0.3) is 0 Å². The SMILES string of the molecule is CO[C]1[CH][C@@H](c2ccccc2)[CH][CH][C]1C=O. The topological polar surface area (TPSA) is 26.3 Å². The lowest BCUT2D eigenvalue weighted by Gasteiger charge is -2.30.